The third-order valence-corrected chi connectivity index (χ3v) is 3.72. The molecule has 3 heterocycles. The molecule has 122 valence electrons. The monoisotopic (exact) mass is 316 g/mol. The average molecular weight is 316 g/mol. The van der Waals surface area contributed by atoms with Crippen molar-refractivity contribution in [2.24, 2.45) is 7.05 Å². The molecule has 8 heteroatoms. The molecule has 1 aliphatic rings. The molecule has 0 bridgehead atoms. The molecular weight excluding hydrogens is 296 g/mol. The highest BCUT2D eigenvalue weighted by molar-refractivity contribution is 5.88. The van der Waals surface area contributed by atoms with Crippen molar-refractivity contribution < 1.29 is 9.53 Å². The van der Waals surface area contributed by atoms with Crippen LogP contribution in [0.25, 0.3) is 0 Å². The third-order valence-electron chi connectivity index (χ3n) is 3.72. The van der Waals surface area contributed by atoms with Gasteiger partial charge in [-0.05, 0) is 31.5 Å². The molecule has 0 aliphatic carbocycles. The average Bonchev–Trinajstić information content (AvgIpc) is 2.92. The number of morpholine rings is 1. The van der Waals surface area contributed by atoms with Crippen LogP contribution >= 0.6 is 0 Å². The molecule has 8 nitrogen and oxygen atoms in total. The van der Waals surface area contributed by atoms with Crippen molar-refractivity contribution in [1.82, 2.24) is 24.6 Å². The molecule has 0 radical (unpaired) electrons. The van der Waals surface area contributed by atoms with E-state index in [-0.39, 0.29) is 12.1 Å². The Morgan fingerprint density at radius 2 is 2.22 bits per heavy atom. The zero-order valence-corrected chi connectivity index (χ0v) is 13.5. The highest BCUT2D eigenvalue weighted by atomic mass is 16.5. The van der Waals surface area contributed by atoms with E-state index in [4.69, 9.17) is 4.74 Å². The number of anilines is 1. The second-order valence-corrected chi connectivity index (χ2v) is 5.71. The minimum Gasteiger partial charge on any atom is -0.366 e. The van der Waals surface area contributed by atoms with Gasteiger partial charge in [-0.2, -0.15) is 0 Å². The van der Waals surface area contributed by atoms with Crippen molar-refractivity contribution >= 4 is 11.8 Å². The molecule has 1 N–H and O–H groups in total. The van der Waals surface area contributed by atoms with Gasteiger partial charge < -0.3 is 14.2 Å². The van der Waals surface area contributed by atoms with Gasteiger partial charge in [-0.1, -0.05) is 0 Å². The molecule has 0 saturated carbocycles. The lowest BCUT2D eigenvalue weighted by Gasteiger charge is -2.32. The number of hydrogen-bond donors (Lipinski definition) is 1. The lowest BCUT2D eigenvalue weighted by molar-refractivity contribution is -0.0196. The van der Waals surface area contributed by atoms with Crippen LogP contribution in [-0.4, -0.2) is 50.4 Å². The van der Waals surface area contributed by atoms with Gasteiger partial charge in [0.2, 0.25) is 0 Å². The summed E-state index contributed by atoms with van der Waals surface area (Å²) in [5, 5.41) is 10.8. The molecule has 2 aromatic rings. The lowest BCUT2D eigenvalue weighted by atomic mass is 10.2. The van der Waals surface area contributed by atoms with E-state index in [9.17, 15) is 4.79 Å². The number of urea groups is 1. The molecule has 3 rings (SSSR count). The summed E-state index contributed by atoms with van der Waals surface area (Å²) in [6.45, 7) is 5.31. The van der Waals surface area contributed by atoms with Gasteiger partial charge in [0.05, 0.1) is 13.2 Å². The maximum Gasteiger partial charge on any atom is 0.323 e. The zero-order valence-electron chi connectivity index (χ0n) is 13.5. The molecule has 1 atom stereocenters. The Morgan fingerprint density at radius 3 is 2.91 bits per heavy atom. The number of carbonyl (C=O) groups excluding carboxylic acids is 1. The van der Waals surface area contributed by atoms with Crippen LogP contribution in [0.15, 0.2) is 18.5 Å². The second-order valence-electron chi connectivity index (χ2n) is 5.71. The number of carbonyl (C=O) groups is 1. The minimum atomic E-state index is -0.269. The lowest BCUT2D eigenvalue weighted by Crippen LogP contribution is -2.45. The standard InChI is InChI=1S/C15H20N6O2/c1-10-6-11(2)17-13(7-10)18-15(22)21-4-5-23-12(8-21)14-19-16-9-20(14)3/h6-7,9,12H,4-5,8H2,1-3H3,(H,17,18,22). The number of aromatic nitrogens is 4. The number of amides is 2. The molecule has 2 amide bonds. The largest absolute Gasteiger partial charge is 0.366 e. The van der Waals surface area contributed by atoms with E-state index in [1.165, 1.54) is 0 Å². The molecule has 2 aromatic heterocycles. The minimum absolute atomic E-state index is 0.182. The number of hydrogen-bond acceptors (Lipinski definition) is 5. The molecule has 0 aromatic carbocycles. The predicted molar refractivity (Wildman–Crippen MR) is 84.0 cm³/mol. The van der Waals surface area contributed by atoms with Gasteiger partial charge >= 0.3 is 6.03 Å². The first-order chi connectivity index (χ1) is 11.0. The SMILES string of the molecule is Cc1cc(C)nc(NC(=O)N2CCOC(c3nncn3C)C2)c1. The van der Waals surface area contributed by atoms with Crippen molar-refractivity contribution in [3.8, 4) is 0 Å². The smallest absolute Gasteiger partial charge is 0.323 e. The van der Waals surface area contributed by atoms with Gasteiger partial charge in [-0.3, -0.25) is 5.32 Å². The molecule has 0 spiro atoms. The fourth-order valence-electron chi connectivity index (χ4n) is 2.67. The highest BCUT2D eigenvalue weighted by Gasteiger charge is 2.28. The summed E-state index contributed by atoms with van der Waals surface area (Å²) in [5.41, 5.74) is 1.94. The summed E-state index contributed by atoms with van der Waals surface area (Å²) in [6.07, 6.45) is 1.35. The molecule has 1 saturated heterocycles. The predicted octanol–water partition coefficient (Wildman–Crippen LogP) is 1.43. The quantitative estimate of drug-likeness (QED) is 0.906. The van der Waals surface area contributed by atoms with Crippen molar-refractivity contribution in [3.63, 3.8) is 0 Å². The van der Waals surface area contributed by atoms with Crippen LogP contribution in [0.3, 0.4) is 0 Å². The second kappa shape index (κ2) is 6.33. The first-order valence-corrected chi connectivity index (χ1v) is 7.49. The van der Waals surface area contributed by atoms with Crippen LogP contribution in [0.5, 0.6) is 0 Å². The van der Waals surface area contributed by atoms with Gasteiger partial charge in [-0.15, -0.1) is 10.2 Å². The van der Waals surface area contributed by atoms with E-state index in [2.05, 4.69) is 20.5 Å². The van der Waals surface area contributed by atoms with Gasteiger partial charge in [0.1, 0.15) is 18.2 Å². The molecule has 1 aliphatic heterocycles. The van der Waals surface area contributed by atoms with Crippen molar-refractivity contribution in [3.05, 3.63) is 35.5 Å². The van der Waals surface area contributed by atoms with E-state index < -0.39 is 0 Å². The Labute approximate surface area is 134 Å². The highest BCUT2D eigenvalue weighted by Crippen LogP contribution is 2.20. The van der Waals surface area contributed by atoms with Crippen LogP contribution in [-0.2, 0) is 11.8 Å². The van der Waals surface area contributed by atoms with E-state index in [1.807, 2.05) is 33.0 Å². The van der Waals surface area contributed by atoms with Gasteiger partial charge in [0.25, 0.3) is 0 Å². The fourth-order valence-corrected chi connectivity index (χ4v) is 2.67. The van der Waals surface area contributed by atoms with Crippen molar-refractivity contribution in [2.75, 3.05) is 25.0 Å². The number of ether oxygens (including phenoxy) is 1. The molecule has 1 unspecified atom stereocenters. The van der Waals surface area contributed by atoms with Crippen LogP contribution in [0.2, 0.25) is 0 Å². The molecule has 1 fully saturated rings. The summed E-state index contributed by atoms with van der Waals surface area (Å²) in [7, 11) is 1.86. The van der Waals surface area contributed by atoms with Crippen molar-refractivity contribution in [1.29, 1.82) is 0 Å². The fraction of sp³-hybridized carbons (Fsp3) is 0.467. The van der Waals surface area contributed by atoms with E-state index in [0.717, 1.165) is 11.3 Å². The zero-order chi connectivity index (χ0) is 16.4. The Kier molecular flexibility index (Phi) is 4.24. The maximum absolute atomic E-state index is 12.5. The van der Waals surface area contributed by atoms with E-state index in [0.29, 0.717) is 31.3 Å². The Bertz CT molecular complexity index is 693. The first kappa shape index (κ1) is 15.4. The summed E-state index contributed by atoms with van der Waals surface area (Å²) in [5.74, 6) is 1.28. The van der Waals surface area contributed by atoms with E-state index in [1.54, 1.807) is 15.8 Å². The summed E-state index contributed by atoms with van der Waals surface area (Å²) < 4.78 is 7.51. The number of rotatable bonds is 2. The van der Waals surface area contributed by atoms with Gasteiger partial charge in [-0.25, -0.2) is 9.78 Å². The topological polar surface area (TPSA) is 85.2 Å². The first-order valence-electron chi connectivity index (χ1n) is 7.49. The number of nitrogens with zero attached hydrogens (tertiary/aromatic N) is 5. The number of nitrogens with one attached hydrogen (secondary N) is 1. The summed E-state index contributed by atoms with van der Waals surface area (Å²) in [4.78, 5) is 18.5. The van der Waals surface area contributed by atoms with Gasteiger partial charge in [0.15, 0.2) is 5.82 Å². The van der Waals surface area contributed by atoms with E-state index >= 15 is 0 Å². The molecule has 23 heavy (non-hydrogen) atoms. The number of aryl methyl sites for hydroxylation is 3. The van der Waals surface area contributed by atoms with Crippen LogP contribution in [0.1, 0.15) is 23.2 Å². The van der Waals surface area contributed by atoms with Crippen LogP contribution in [0.4, 0.5) is 10.6 Å². The van der Waals surface area contributed by atoms with Crippen LogP contribution in [0, 0.1) is 13.8 Å². The Balaban J connectivity index is 1.68. The Hall–Kier alpha value is -2.48. The summed E-state index contributed by atoms with van der Waals surface area (Å²) in [6, 6.07) is 3.64. The van der Waals surface area contributed by atoms with Crippen molar-refractivity contribution in [2.45, 2.75) is 20.0 Å². The summed E-state index contributed by atoms with van der Waals surface area (Å²) >= 11 is 0. The third kappa shape index (κ3) is 3.48. The number of pyridine rings is 1. The molecular formula is C15H20N6O2. The maximum atomic E-state index is 12.5. The van der Waals surface area contributed by atoms with Crippen LogP contribution < -0.4 is 5.32 Å². The normalized spacial score (nSPS) is 18.0. The Morgan fingerprint density at radius 1 is 1.39 bits per heavy atom. The van der Waals surface area contributed by atoms with Gasteiger partial charge in [0, 0.05) is 19.3 Å².